The van der Waals surface area contributed by atoms with E-state index in [1.807, 2.05) is 24.3 Å². The molecule has 3 N–H and O–H groups in total. The lowest BCUT2D eigenvalue weighted by Crippen LogP contribution is -2.24. The van der Waals surface area contributed by atoms with E-state index in [-0.39, 0.29) is 6.61 Å². The van der Waals surface area contributed by atoms with Gasteiger partial charge in [-0.05, 0) is 11.6 Å². The zero-order valence-electron chi connectivity index (χ0n) is 13.8. The van der Waals surface area contributed by atoms with Crippen molar-refractivity contribution in [2.24, 2.45) is 0 Å². The largest absolute Gasteiger partial charge is 0.394 e. The summed E-state index contributed by atoms with van der Waals surface area (Å²) in [4.78, 5) is 13.0. The molecule has 136 valence electrons. The molecule has 0 aliphatic carbocycles. The van der Waals surface area contributed by atoms with Gasteiger partial charge in [0.2, 0.25) is 0 Å². The Kier molecular flexibility index (Phi) is 4.86. The first kappa shape index (κ1) is 17.3. The summed E-state index contributed by atoms with van der Waals surface area (Å²) in [6.45, 7) is 0.365. The van der Waals surface area contributed by atoms with Crippen LogP contribution in [0.5, 0.6) is 0 Å². The minimum atomic E-state index is -0.711. The Morgan fingerprint density at radius 1 is 1.27 bits per heavy atom. The third-order valence-corrected chi connectivity index (χ3v) is 5.23. The van der Waals surface area contributed by atoms with Gasteiger partial charge in [-0.3, -0.25) is 4.57 Å². The summed E-state index contributed by atoms with van der Waals surface area (Å²) < 4.78 is 8.48. The second kappa shape index (κ2) is 7.28. The predicted molar refractivity (Wildman–Crippen MR) is 98.4 cm³/mol. The fraction of sp³-hybridized carbons (Fsp3) is 0.353. The van der Waals surface area contributed by atoms with Crippen LogP contribution >= 0.6 is 15.9 Å². The first-order chi connectivity index (χ1) is 12.7. The highest BCUT2D eigenvalue weighted by atomic mass is 79.9. The van der Waals surface area contributed by atoms with Gasteiger partial charge in [0.1, 0.15) is 18.7 Å². The van der Waals surface area contributed by atoms with Gasteiger partial charge in [-0.15, -0.1) is 0 Å². The van der Waals surface area contributed by atoms with Crippen LogP contribution in [-0.4, -0.2) is 48.5 Å². The quantitative estimate of drug-likeness (QED) is 0.579. The summed E-state index contributed by atoms with van der Waals surface area (Å²) in [5.74, 6) is 0.627. The van der Waals surface area contributed by atoms with Crippen LogP contribution in [0.2, 0.25) is 0 Å². The molecule has 1 unspecified atom stereocenters. The number of rotatable bonds is 5. The van der Waals surface area contributed by atoms with Gasteiger partial charge in [0.25, 0.3) is 0 Å². The number of aromatic nitrogens is 4. The highest BCUT2D eigenvalue weighted by molar-refractivity contribution is 9.10. The van der Waals surface area contributed by atoms with Crippen molar-refractivity contribution in [1.82, 2.24) is 19.5 Å². The zero-order chi connectivity index (χ0) is 18.1. The van der Waals surface area contributed by atoms with Gasteiger partial charge in [-0.2, -0.15) is 0 Å². The second-order valence-electron chi connectivity index (χ2n) is 6.11. The SMILES string of the molecule is OC[C@H]1OC(n2cnc3c(NCc4ccccc4Br)ncnc32)C[C@@H]1O. The molecule has 9 heteroatoms. The van der Waals surface area contributed by atoms with Crippen LogP contribution in [0.4, 0.5) is 5.82 Å². The molecule has 1 aliphatic heterocycles. The number of anilines is 1. The fourth-order valence-electron chi connectivity index (χ4n) is 3.06. The average molecular weight is 420 g/mol. The minimum absolute atomic E-state index is 0.224. The van der Waals surface area contributed by atoms with E-state index in [0.29, 0.717) is 29.9 Å². The van der Waals surface area contributed by atoms with Gasteiger partial charge in [0.05, 0.1) is 19.0 Å². The third kappa shape index (κ3) is 3.18. The Morgan fingerprint density at radius 2 is 2.12 bits per heavy atom. The number of fused-ring (bicyclic) bond motifs is 1. The van der Waals surface area contributed by atoms with Gasteiger partial charge in [0, 0.05) is 17.4 Å². The normalized spacial score (nSPS) is 22.8. The van der Waals surface area contributed by atoms with Crippen molar-refractivity contribution in [1.29, 1.82) is 0 Å². The van der Waals surface area contributed by atoms with Crippen LogP contribution in [0.15, 0.2) is 41.4 Å². The maximum Gasteiger partial charge on any atom is 0.167 e. The summed E-state index contributed by atoms with van der Waals surface area (Å²) in [7, 11) is 0. The highest BCUT2D eigenvalue weighted by Gasteiger charge is 2.35. The number of nitrogens with one attached hydrogen (secondary N) is 1. The molecule has 4 rings (SSSR count). The molecule has 1 fully saturated rings. The molecule has 3 atom stereocenters. The number of ether oxygens (including phenoxy) is 1. The molecular weight excluding hydrogens is 402 g/mol. The van der Waals surface area contributed by atoms with E-state index in [4.69, 9.17) is 4.74 Å². The van der Waals surface area contributed by atoms with E-state index in [0.717, 1.165) is 10.0 Å². The summed E-state index contributed by atoms with van der Waals surface area (Å²) in [6, 6.07) is 7.96. The van der Waals surface area contributed by atoms with Crippen LogP contribution in [0, 0.1) is 0 Å². The van der Waals surface area contributed by atoms with Crippen LogP contribution in [0.3, 0.4) is 0 Å². The molecule has 3 heterocycles. The van der Waals surface area contributed by atoms with Gasteiger partial charge in [-0.25, -0.2) is 15.0 Å². The van der Waals surface area contributed by atoms with Gasteiger partial charge >= 0.3 is 0 Å². The first-order valence-electron chi connectivity index (χ1n) is 8.26. The summed E-state index contributed by atoms with van der Waals surface area (Å²) in [6.07, 6.45) is 1.75. The van der Waals surface area contributed by atoms with Crippen molar-refractivity contribution in [2.45, 2.75) is 31.4 Å². The van der Waals surface area contributed by atoms with Gasteiger partial charge in [0.15, 0.2) is 17.0 Å². The number of hydrogen-bond donors (Lipinski definition) is 3. The Morgan fingerprint density at radius 3 is 2.88 bits per heavy atom. The maximum absolute atomic E-state index is 9.95. The van der Waals surface area contributed by atoms with Crippen LogP contribution in [0.1, 0.15) is 18.2 Å². The molecule has 2 aromatic heterocycles. The van der Waals surface area contributed by atoms with Gasteiger partial charge < -0.3 is 20.3 Å². The Hall–Kier alpha value is -2.07. The number of aliphatic hydroxyl groups excluding tert-OH is 2. The van der Waals surface area contributed by atoms with Crippen molar-refractivity contribution in [3.05, 3.63) is 47.0 Å². The molecule has 1 aromatic carbocycles. The van der Waals surface area contributed by atoms with E-state index < -0.39 is 18.4 Å². The molecular formula is C17H18BrN5O3. The summed E-state index contributed by atoms with van der Waals surface area (Å²) in [5.41, 5.74) is 2.35. The molecule has 8 nitrogen and oxygen atoms in total. The fourth-order valence-corrected chi connectivity index (χ4v) is 3.49. The van der Waals surface area contributed by atoms with Crippen molar-refractivity contribution in [3.8, 4) is 0 Å². The Labute approximate surface area is 158 Å². The first-order valence-corrected chi connectivity index (χ1v) is 9.06. The van der Waals surface area contributed by atoms with E-state index in [9.17, 15) is 10.2 Å². The number of benzene rings is 1. The lowest BCUT2D eigenvalue weighted by atomic mass is 10.2. The third-order valence-electron chi connectivity index (χ3n) is 4.46. The van der Waals surface area contributed by atoms with Crippen molar-refractivity contribution in [3.63, 3.8) is 0 Å². The molecule has 0 bridgehead atoms. The average Bonchev–Trinajstić information content (AvgIpc) is 3.24. The van der Waals surface area contributed by atoms with Crippen LogP contribution in [-0.2, 0) is 11.3 Å². The summed E-state index contributed by atoms with van der Waals surface area (Å²) in [5, 5.41) is 22.5. The van der Waals surface area contributed by atoms with Crippen LogP contribution in [0.25, 0.3) is 11.2 Å². The monoisotopic (exact) mass is 419 g/mol. The van der Waals surface area contributed by atoms with E-state index >= 15 is 0 Å². The number of halogens is 1. The predicted octanol–water partition coefficient (Wildman–Crippen LogP) is 1.84. The van der Waals surface area contributed by atoms with Crippen LogP contribution < -0.4 is 5.32 Å². The molecule has 0 spiro atoms. The Balaban J connectivity index is 1.58. The summed E-state index contributed by atoms with van der Waals surface area (Å²) >= 11 is 3.53. The molecule has 0 saturated carbocycles. The lowest BCUT2D eigenvalue weighted by Gasteiger charge is -2.13. The molecule has 3 aromatic rings. The number of nitrogens with zero attached hydrogens (tertiary/aromatic N) is 4. The topological polar surface area (TPSA) is 105 Å². The number of imidazole rings is 1. The molecule has 1 aliphatic rings. The highest BCUT2D eigenvalue weighted by Crippen LogP contribution is 2.31. The lowest BCUT2D eigenvalue weighted by molar-refractivity contribution is -0.0432. The smallest absolute Gasteiger partial charge is 0.167 e. The second-order valence-corrected chi connectivity index (χ2v) is 6.96. The maximum atomic E-state index is 9.95. The minimum Gasteiger partial charge on any atom is -0.394 e. The van der Waals surface area contributed by atoms with Crippen molar-refractivity contribution >= 4 is 32.9 Å². The van der Waals surface area contributed by atoms with E-state index in [1.165, 1.54) is 6.33 Å². The molecule has 26 heavy (non-hydrogen) atoms. The molecule has 1 saturated heterocycles. The molecule has 0 radical (unpaired) electrons. The van der Waals surface area contributed by atoms with Crippen molar-refractivity contribution in [2.75, 3.05) is 11.9 Å². The van der Waals surface area contributed by atoms with E-state index in [2.05, 4.69) is 36.2 Å². The Bertz CT molecular complexity index is 918. The van der Waals surface area contributed by atoms with Gasteiger partial charge in [-0.1, -0.05) is 34.1 Å². The number of hydrogen-bond acceptors (Lipinski definition) is 7. The zero-order valence-corrected chi connectivity index (χ0v) is 15.4. The van der Waals surface area contributed by atoms with Crippen molar-refractivity contribution < 1.29 is 14.9 Å². The van der Waals surface area contributed by atoms with E-state index in [1.54, 1.807) is 10.9 Å². The number of aliphatic hydroxyl groups is 2. The standard InChI is InChI=1S/C17H18BrN5O3/c18-11-4-2-1-3-10(11)6-19-16-15-17(21-8-20-16)23(9-22-15)14-5-12(25)13(7-24)26-14/h1-4,8-9,12-14,24-25H,5-7H2,(H,19,20,21)/t12-,13+,14?/m0/s1. The molecule has 0 amide bonds.